The first-order valence-corrected chi connectivity index (χ1v) is 9.09. The number of nitrogens with zero attached hydrogens (tertiary/aromatic N) is 1. The van der Waals surface area contributed by atoms with Crippen molar-refractivity contribution < 1.29 is 18.7 Å². The van der Waals surface area contributed by atoms with Gasteiger partial charge >= 0.3 is 0 Å². The Kier molecular flexibility index (Phi) is 5.62. The highest BCUT2D eigenvalue weighted by molar-refractivity contribution is 7.15. The van der Waals surface area contributed by atoms with Crippen LogP contribution in [-0.4, -0.2) is 25.1 Å². The van der Waals surface area contributed by atoms with Crippen LogP contribution >= 0.6 is 22.9 Å². The average molecular weight is 407 g/mol. The van der Waals surface area contributed by atoms with Crippen LogP contribution in [0.1, 0.15) is 15.4 Å². The van der Waals surface area contributed by atoms with Gasteiger partial charge in [-0.05, 0) is 37.3 Å². The fourth-order valence-electron chi connectivity index (χ4n) is 2.53. The van der Waals surface area contributed by atoms with Crippen molar-refractivity contribution >= 4 is 34.5 Å². The molecule has 0 radical (unpaired) electrons. The van der Waals surface area contributed by atoms with E-state index in [1.165, 1.54) is 31.6 Å². The molecular weight excluding hydrogens is 391 g/mol. The maximum Gasteiger partial charge on any atom is 0.275 e. The van der Waals surface area contributed by atoms with Gasteiger partial charge < -0.3 is 14.8 Å². The second kappa shape index (κ2) is 7.94. The van der Waals surface area contributed by atoms with E-state index in [0.717, 1.165) is 0 Å². The summed E-state index contributed by atoms with van der Waals surface area (Å²) in [5.74, 6) is -0.00498. The Balaban J connectivity index is 1.91. The topological polar surface area (TPSA) is 60.5 Å². The Bertz CT molecular complexity index is 1010. The zero-order chi connectivity index (χ0) is 19.6. The van der Waals surface area contributed by atoms with Crippen LogP contribution < -0.4 is 14.8 Å². The van der Waals surface area contributed by atoms with Gasteiger partial charge in [-0.3, -0.25) is 4.79 Å². The van der Waals surface area contributed by atoms with Gasteiger partial charge in [-0.15, -0.1) is 11.3 Å². The van der Waals surface area contributed by atoms with E-state index >= 15 is 0 Å². The van der Waals surface area contributed by atoms with Gasteiger partial charge in [0, 0.05) is 10.6 Å². The summed E-state index contributed by atoms with van der Waals surface area (Å²) in [4.78, 5) is 17.6. The first-order valence-electron chi connectivity index (χ1n) is 7.89. The lowest BCUT2D eigenvalue weighted by Gasteiger charge is -2.07. The molecule has 0 aliphatic heterocycles. The molecule has 1 N–H and O–H groups in total. The SMILES string of the molecule is COc1ccc(NC(=O)c2nc(-c3c(F)cccc3OC)sc2C)cc1Cl. The van der Waals surface area contributed by atoms with Crippen molar-refractivity contribution in [1.82, 2.24) is 4.98 Å². The van der Waals surface area contributed by atoms with Crippen molar-refractivity contribution in [3.8, 4) is 22.1 Å². The summed E-state index contributed by atoms with van der Waals surface area (Å²) in [6, 6.07) is 9.44. The summed E-state index contributed by atoms with van der Waals surface area (Å²) in [6.07, 6.45) is 0. The lowest BCUT2D eigenvalue weighted by Crippen LogP contribution is -2.13. The quantitative estimate of drug-likeness (QED) is 0.634. The summed E-state index contributed by atoms with van der Waals surface area (Å²) >= 11 is 7.30. The van der Waals surface area contributed by atoms with E-state index in [0.29, 0.717) is 32.1 Å². The number of aryl methyl sites for hydroxylation is 1. The van der Waals surface area contributed by atoms with Gasteiger partial charge in [0.25, 0.3) is 5.91 Å². The molecule has 1 amide bonds. The number of hydrogen-bond acceptors (Lipinski definition) is 5. The minimum atomic E-state index is -0.461. The van der Waals surface area contributed by atoms with Crippen molar-refractivity contribution in [1.29, 1.82) is 0 Å². The maximum absolute atomic E-state index is 14.3. The number of carbonyl (C=O) groups is 1. The molecule has 27 heavy (non-hydrogen) atoms. The summed E-state index contributed by atoms with van der Waals surface area (Å²) in [7, 11) is 2.97. The molecule has 3 aromatic rings. The first-order chi connectivity index (χ1) is 12.9. The predicted octanol–water partition coefficient (Wildman–Crippen LogP) is 5.18. The standard InChI is InChI=1S/C19H16ClFN2O3S/c1-10-17(18(24)22-11-7-8-14(25-2)12(20)9-11)23-19(27-10)16-13(21)5-4-6-15(16)26-3/h4-9H,1-3H3,(H,22,24). The van der Waals surface area contributed by atoms with Crippen molar-refractivity contribution in [2.75, 3.05) is 19.5 Å². The van der Waals surface area contributed by atoms with Crippen LogP contribution in [0.15, 0.2) is 36.4 Å². The van der Waals surface area contributed by atoms with Crippen LogP contribution in [0.2, 0.25) is 5.02 Å². The van der Waals surface area contributed by atoms with Crippen LogP contribution in [0.3, 0.4) is 0 Å². The molecule has 0 saturated carbocycles. The van der Waals surface area contributed by atoms with Crippen LogP contribution in [0, 0.1) is 12.7 Å². The molecule has 3 rings (SSSR count). The van der Waals surface area contributed by atoms with Gasteiger partial charge in [0.1, 0.15) is 28.0 Å². The Morgan fingerprint density at radius 1 is 1.19 bits per heavy atom. The number of ether oxygens (including phenoxy) is 2. The maximum atomic E-state index is 14.3. The number of amides is 1. The summed E-state index contributed by atoms with van der Waals surface area (Å²) < 4.78 is 24.6. The minimum Gasteiger partial charge on any atom is -0.496 e. The molecule has 0 aliphatic carbocycles. The smallest absolute Gasteiger partial charge is 0.275 e. The Labute approximate surface area is 164 Å². The third kappa shape index (κ3) is 3.89. The van der Waals surface area contributed by atoms with E-state index in [1.807, 2.05) is 0 Å². The number of rotatable bonds is 5. The van der Waals surface area contributed by atoms with Crippen molar-refractivity contribution in [2.45, 2.75) is 6.92 Å². The number of thiazole rings is 1. The Hall–Kier alpha value is -2.64. The van der Waals surface area contributed by atoms with E-state index in [9.17, 15) is 9.18 Å². The van der Waals surface area contributed by atoms with Gasteiger partial charge in [0.2, 0.25) is 0 Å². The van der Waals surface area contributed by atoms with Gasteiger partial charge in [-0.2, -0.15) is 0 Å². The van der Waals surface area contributed by atoms with Crippen molar-refractivity contribution in [3.05, 3.63) is 57.8 Å². The third-order valence-electron chi connectivity index (χ3n) is 3.83. The van der Waals surface area contributed by atoms with Crippen LogP contribution in [-0.2, 0) is 0 Å². The summed E-state index contributed by atoms with van der Waals surface area (Å²) in [6.45, 7) is 1.75. The molecule has 140 valence electrons. The Morgan fingerprint density at radius 3 is 2.59 bits per heavy atom. The number of nitrogens with one attached hydrogen (secondary N) is 1. The highest BCUT2D eigenvalue weighted by Gasteiger charge is 2.21. The molecule has 0 saturated heterocycles. The molecule has 1 aromatic heterocycles. The molecule has 0 fully saturated rings. The molecular formula is C19H16ClFN2O3S. The lowest BCUT2D eigenvalue weighted by molar-refractivity contribution is 0.102. The fraction of sp³-hybridized carbons (Fsp3) is 0.158. The number of halogens is 2. The largest absolute Gasteiger partial charge is 0.496 e. The van der Waals surface area contributed by atoms with Crippen LogP contribution in [0.25, 0.3) is 10.6 Å². The second-order valence-corrected chi connectivity index (χ2v) is 7.15. The zero-order valence-electron chi connectivity index (χ0n) is 14.8. The molecule has 8 heteroatoms. The van der Waals surface area contributed by atoms with E-state index in [1.54, 1.807) is 37.3 Å². The fourth-order valence-corrected chi connectivity index (χ4v) is 3.75. The number of benzene rings is 2. The van der Waals surface area contributed by atoms with Crippen LogP contribution in [0.4, 0.5) is 10.1 Å². The van der Waals surface area contributed by atoms with Gasteiger partial charge in [0.15, 0.2) is 0 Å². The molecule has 5 nitrogen and oxygen atoms in total. The monoisotopic (exact) mass is 406 g/mol. The predicted molar refractivity (Wildman–Crippen MR) is 105 cm³/mol. The highest BCUT2D eigenvalue weighted by atomic mass is 35.5. The zero-order valence-corrected chi connectivity index (χ0v) is 16.4. The second-order valence-electron chi connectivity index (χ2n) is 5.54. The number of carbonyl (C=O) groups excluding carboxylic acids is 1. The lowest BCUT2D eigenvalue weighted by atomic mass is 10.2. The summed E-state index contributed by atoms with van der Waals surface area (Å²) in [5.41, 5.74) is 0.954. The normalized spacial score (nSPS) is 10.6. The highest BCUT2D eigenvalue weighted by Crippen LogP contribution is 2.36. The molecule has 0 unspecified atom stereocenters. The minimum absolute atomic E-state index is 0.215. The molecule has 0 atom stereocenters. The van der Waals surface area contributed by atoms with E-state index in [2.05, 4.69) is 10.3 Å². The van der Waals surface area contributed by atoms with E-state index in [4.69, 9.17) is 21.1 Å². The van der Waals surface area contributed by atoms with E-state index < -0.39 is 11.7 Å². The number of anilines is 1. The molecule has 0 bridgehead atoms. The number of hydrogen-bond donors (Lipinski definition) is 1. The Morgan fingerprint density at radius 2 is 1.93 bits per heavy atom. The van der Waals surface area contributed by atoms with Crippen molar-refractivity contribution in [3.63, 3.8) is 0 Å². The average Bonchev–Trinajstić information content (AvgIpc) is 3.03. The number of aromatic nitrogens is 1. The molecule has 1 heterocycles. The third-order valence-corrected chi connectivity index (χ3v) is 5.11. The first kappa shape index (κ1) is 19.1. The van der Waals surface area contributed by atoms with Gasteiger partial charge in [0.05, 0.1) is 24.8 Å². The van der Waals surface area contributed by atoms with E-state index in [-0.39, 0.29) is 11.3 Å². The summed E-state index contributed by atoms with van der Waals surface area (Å²) in [5, 5.41) is 3.49. The van der Waals surface area contributed by atoms with Crippen LogP contribution in [0.5, 0.6) is 11.5 Å². The van der Waals surface area contributed by atoms with Gasteiger partial charge in [-0.25, -0.2) is 9.37 Å². The molecule has 2 aromatic carbocycles. The van der Waals surface area contributed by atoms with Crippen molar-refractivity contribution in [2.24, 2.45) is 0 Å². The van der Waals surface area contributed by atoms with Gasteiger partial charge in [-0.1, -0.05) is 17.7 Å². The molecule has 0 aliphatic rings. The molecule has 0 spiro atoms. The number of methoxy groups -OCH3 is 2.